The minimum absolute atomic E-state index is 0.137. The average Bonchev–Trinajstić information content (AvgIpc) is 2.27. The Bertz CT molecular complexity index is 444. The number of ether oxygens (including phenoxy) is 1. The number of hydrogen-bond acceptors (Lipinski definition) is 2. The largest absolute Gasteiger partial charge is 0.492 e. The van der Waals surface area contributed by atoms with Gasteiger partial charge in [0, 0.05) is 0 Å². The normalized spacial score (nSPS) is 13.4. The SMILES string of the molecule is CC(C)c1ccccc1OCC(C(=N)N)C(F)(F)F. The van der Waals surface area contributed by atoms with Gasteiger partial charge in [0.2, 0.25) is 0 Å². The third kappa shape index (κ3) is 4.15. The van der Waals surface area contributed by atoms with E-state index < -0.39 is 24.5 Å². The minimum atomic E-state index is -4.57. The highest BCUT2D eigenvalue weighted by Gasteiger charge is 2.42. The Balaban J connectivity index is 2.84. The molecule has 0 saturated carbocycles. The van der Waals surface area contributed by atoms with Crippen molar-refractivity contribution in [1.29, 1.82) is 5.41 Å². The van der Waals surface area contributed by atoms with Gasteiger partial charge in [0.15, 0.2) is 0 Å². The summed E-state index contributed by atoms with van der Waals surface area (Å²) in [5.41, 5.74) is 5.79. The zero-order valence-corrected chi connectivity index (χ0v) is 10.8. The molecule has 106 valence electrons. The van der Waals surface area contributed by atoms with Gasteiger partial charge in [0.25, 0.3) is 0 Å². The molecule has 0 aliphatic rings. The molecule has 0 saturated heterocycles. The van der Waals surface area contributed by atoms with Crippen LogP contribution < -0.4 is 10.5 Å². The lowest BCUT2D eigenvalue weighted by molar-refractivity contribution is -0.162. The van der Waals surface area contributed by atoms with E-state index in [1.807, 2.05) is 13.8 Å². The average molecular weight is 274 g/mol. The standard InChI is InChI=1S/C13H17F3N2O/c1-8(2)9-5-3-4-6-11(9)19-7-10(12(17)18)13(14,15)16/h3-6,8,10H,7H2,1-2H3,(H3,17,18). The van der Waals surface area contributed by atoms with Gasteiger partial charge in [-0.25, -0.2) is 0 Å². The van der Waals surface area contributed by atoms with E-state index in [1.165, 1.54) is 0 Å². The lowest BCUT2D eigenvalue weighted by Crippen LogP contribution is -2.39. The third-order valence-corrected chi connectivity index (χ3v) is 2.72. The summed E-state index contributed by atoms with van der Waals surface area (Å²) >= 11 is 0. The first-order valence-corrected chi connectivity index (χ1v) is 5.85. The van der Waals surface area contributed by atoms with Gasteiger partial charge in [-0.1, -0.05) is 32.0 Å². The van der Waals surface area contributed by atoms with Crippen molar-refractivity contribution in [3.05, 3.63) is 29.8 Å². The van der Waals surface area contributed by atoms with Crippen molar-refractivity contribution >= 4 is 5.84 Å². The topological polar surface area (TPSA) is 59.1 Å². The van der Waals surface area contributed by atoms with Gasteiger partial charge in [-0.15, -0.1) is 0 Å². The number of amidine groups is 1. The van der Waals surface area contributed by atoms with Crippen molar-refractivity contribution in [1.82, 2.24) is 0 Å². The first kappa shape index (κ1) is 15.3. The summed E-state index contributed by atoms with van der Waals surface area (Å²) in [7, 11) is 0. The van der Waals surface area contributed by atoms with Crippen molar-refractivity contribution in [3.8, 4) is 5.75 Å². The molecule has 19 heavy (non-hydrogen) atoms. The van der Waals surface area contributed by atoms with E-state index in [0.29, 0.717) is 5.75 Å². The molecular formula is C13H17F3N2O. The molecule has 0 aliphatic heterocycles. The molecule has 0 heterocycles. The van der Waals surface area contributed by atoms with Crippen molar-refractivity contribution < 1.29 is 17.9 Å². The molecule has 6 heteroatoms. The Hall–Kier alpha value is -1.72. The molecule has 1 unspecified atom stereocenters. The predicted molar refractivity (Wildman–Crippen MR) is 67.5 cm³/mol. The maximum Gasteiger partial charge on any atom is 0.401 e. The molecule has 1 aromatic rings. The first-order valence-electron chi connectivity index (χ1n) is 5.85. The van der Waals surface area contributed by atoms with E-state index in [0.717, 1.165) is 5.56 Å². The fourth-order valence-electron chi connectivity index (χ4n) is 1.62. The summed E-state index contributed by atoms with van der Waals surface area (Å²) in [5, 5.41) is 6.99. The zero-order chi connectivity index (χ0) is 14.6. The van der Waals surface area contributed by atoms with E-state index in [4.69, 9.17) is 15.9 Å². The van der Waals surface area contributed by atoms with Crippen LogP contribution in [0, 0.1) is 11.3 Å². The summed E-state index contributed by atoms with van der Waals surface area (Å²) < 4.78 is 43.1. The highest BCUT2D eigenvalue weighted by molar-refractivity contribution is 5.80. The van der Waals surface area contributed by atoms with Crippen LogP contribution in [0.1, 0.15) is 25.3 Å². The molecule has 0 fully saturated rings. The third-order valence-electron chi connectivity index (χ3n) is 2.72. The van der Waals surface area contributed by atoms with Crippen molar-refractivity contribution in [2.75, 3.05) is 6.61 Å². The smallest absolute Gasteiger partial charge is 0.401 e. The Morgan fingerprint density at radius 2 is 1.89 bits per heavy atom. The summed E-state index contributed by atoms with van der Waals surface area (Å²) in [4.78, 5) is 0. The van der Waals surface area contributed by atoms with Crippen LogP contribution in [0.5, 0.6) is 5.75 Å². The second kappa shape index (κ2) is 5.95. The maximum atomic E-state index is 12.6. The van der Waals surface area contributed by atoms with Crippen LogP contribution in [-0.4, -0.2) is 18.6 Å². The molecule has 1 aromatic carbocycles. The molecule has 0 spiro atoms. The Morgan fingerprint density at radius 1 is 1.32 bits per heavy atom. The summed E-state index contributed by atoms with van der Waals surface area (Å²) in [6.07, 6.45) is -4.57. The molecular weight excluding hydrogens is 257 g/mol. The molecule has 1 rings (SSSR count). The van der Waals surface area contributed by atoms with Crippen LogP contribution in [0.4, 0.5) is 13.2 Å². The van der Waals surface area contributed by atoms with Crippen LogP contribution >= 0.6 is 0 Å². The van der Waals surface area contributed by atoms with Gasteiger partial charge >= 0.3 is 6.18 Å². The Morgan fingerprint density at radius 3 is 2.37 bits per heavy atom. The minimum Gasteiger partial charge on any atom is -0.492 e. The molecule has 0 aliphatic carbocycles. The van der Waals surface area contributed by atoms with E-state index in [9.17, 15) is 13.2 Å². The molecule has 1 atom stereocenters. The molecule has 0 radical (unpaired) electrons. The van der Waals surface area contributed by atoms with Crippen molar-refractivity contribution in [3.63, 3.8) is 0 Å². The lowest BCUT2D eigenvalue weighted by Gasteiger charge is -2.21. The number of nitrogens with one attached hydrogen (secondary N) is 1. The highest BCUT2D eigenvalue weighted by atomic mass is 19.4. The first-order chi connectivity index (χ1) is 8.73. The second-order valence-corrected chi connectivity index (χ2v) is 4.55. The van der Waals surface area contributed by atoms with Gasteiger partial charge < -0.3 is 10.5 Å². The number of rotatable bonds is 5. The molecule has 0 aromatic heterocycles. The number of halogens is 3. The predicted octanol–water partition coefficient (Wildman–Crippen LogP) is 3.30. The Kier molecular flexibility index (Phi) is 4.80. The van der Waals surface area contributed by atoms with Gasteiger partial charge in [-0.2, -0.15) is 13.2 Å². The van der Waals surface area contributed by atoms with Crippen LogP contribution in [0.15, 0.2) is 24.3 Å². The van der Waals surface area contributed by atoms with Crippen LogP contribution in [0.2, 0.25) is 0 Å². The van der Waals surface area contributed by atoms with E-state index in [-0.39, 0.29) is 5.92 Å². The van der Waals surface area contributed by atoms with Crippen molar-refractivity contribution in [2.45, 2.75) is 25.9 Å². The molecule has 3 N–H and O–H groups in total. The van der Waals surface area contributed by atoms with Gasteiger partial charge in [-0.05, 0) is 17.5 Å². The number of nitrogens with two attached hydrogens (primary N) is 1. The van der Waals surface area contributed by atoms with Crippen LogP contribution in [0.25, 0.3) is 0 Å². The molecule has 0 bridgehead atoms. The zero-order valence-electron chi connectivity index (χ0n) is 10.8. The van der Waals surface area contributed by atoms with E-state index in [2.05, 4.69) is 0 Å². The highest BCUT2D eigenvalue weighted by Crippen LogP contribution is 2.30. The van der Waals surface area contributed by atoms with Crippen LogP contribution in [-0.2, 0) is 0 Å². The summed E-state index contributed by atoms with van der Waals surface area (Å²) in [6, 6.07) is 6.91. The number of para-hydroxylation sites is 1. The number of alkyl halides is 3. The summed E-state index contributed by atoms with van der Waals surface area (Å²) in [5.74, 6) is -2.48. The molecule has 3 nitrogen and oxygen atoms in total. The van der Waals surface area contributed by atoms with E-state index >= 15 is 0 Å². The van der Waals surface area contributed by atoms with Crippen molar-refractivity contribution in [2.24, 2.45) is 11.7 Å². The van der Waals surface area contributed by atoms with Gasteiger partial charge in [-0.3, -0.25) is 5.41 Å². The number of hydrogen-bond donors (Lipinski definition) is 2. The molecule has 0 amide bonds. The summed E-state index contributed by atoms with van der Waals surface area (Å²) in [6.45, 7) is 3.17. The van der Waals surface area contributed by atoms with Gasteiger partial charge in [0.05, 0.1) is 0 Å². The van der Waals surface area contributed by atoms with E-state index in [1.54, 1.807) is 24.3 Å². The van der Waals surface area contributed by atoms with Gasteiger partial charge in [0.1, 0.15) is 24.1 Å². The van der Waals surface area contributed by atoms with Crippen LogP contribution in [0.3, 0.4) is 0 Å². The second-order valence-electron chi connectivity index (χ2n) is 4.55. The maximum absolute atomic E-state index is 12.6. The number of benzene rings is 1. The quantitative estimate of drug-likeness (QED) is 0.639. The Labute approximate surface area is 110 Å². The fraction of sp³-hybridized carbons (Fsp3) is 0.462. The monoisotopic (exact) mass is 274 g/mol. The lowest BCUT2D eigenvalue weighted by atomic mass is 10.0. The fourth-order valence-corrected chi connectivity index (χ4v) is 1.62.